The molecule has 120 valence electrons. The van der Waals surface area contributed by atoms with Gasteiger partial charge in [-0.05, 0) is 37.4 Å². The summed E-state index contributed by atoms with van der Waals surface area (Å²) < 4.78 is 10.8. The molecular weight excluding hydrogens is 290 g/mol. The Hall–Kier alpha value is -2.14. The predicted molar refractivity (Wildman–Crippen MR) is 86.7 cm³/mol. The summed E-state index contributed by atoms with van der Waals surface area (Å²) in [5.41, 5.74) is 1.87. The van der Waals surface area contributed by atoms with E-state index in [1.54, 1.807) is 13.4 Å². The van der Waals surface area contributed by atoms with Crippen LogP contribution in [0, 0.1) is 5.92 Å². The van der Waals surface area contributed by atoms with Gasteiger partial charge in [0.25, 0.3) is 0 Å². The summed E-state index contributed by atoms with van der Waals surface area (Å²) in [7, 11) is 1.64. The lowest BCUT2D eigenvalue weighted by Gasteiger charge is -2.43. The molecule has 3 aliphatic heterocycles. The standard InChI is InChI=1S/C18H21N3O2/c1-22-12-16(13-5-3-2-4-6-13)17-19-18(23-20-17)15-11-21-9-7-14(15)8-10-21/h2-6,12,14-15H,7-11H2,1H3/b16-12+. The maximum atomic E-state index is 5.62. The summed E-state index contributed by atoms with van der Waals surface area (Å²) in [6, 6.07) is 10.0. The molecule has 2 bridgehead atoms. The van der Waals surface area contributed by atoms with Gasteiger partial charge >= 0.3 is 0 Å². The van der Waals surface area contributed by atoms with Crippen molar-refractivity contribution in [3.8, 4) is 0 Å². The van der Waals surface area contributed by atoms with E-state index in [1.807, 2.05) is 30.3 Å². The lowest BCUT2D eigenvalue weighted by molar-refractivity contribution is 0.0727. The van der Waals surface area contributed by atoms with E-state index in [0.717, 1.165) is 23.6 Å². The van der Waals surface area contributed by atoms with E-state index in [1.165, 1.54) is 25.9 Å². The van der Waals surface area contributed by atoms with E-state index < -0.39 is 0 Å². The first-order valence-corrected chi connectivity index (χ1v) is 8.20. The van der Waals surface area contributed by atoms with E-state index in [-0.39, 0.29) is 0 Å². The summed E-state index contributed by atoms with van der Waals surface area (Å²) >= 11 is 0. The van der Waals surface area contributed by atoms with Gasteiger partial charge in [0.15, 0.2) is 0 Å². The average molecular weight is 311 g/mol. The molecule has 3 fully saturated rings. The second kappa shape index (κ2) is 6.16. The highest BCUT2D eigenvalue weighted by Gasteiger charge is 2.38. The highest BCUT2D eigenvalue weighted by atomic mass is 16.5. The fourth-order valence-corrected chi connectivity index (χ4v) is 3.73. The summed E-state index contributed by atoms with van der Waals surface area (Å²) in [5, 5.41) is 4.22. The summed E-state index contributed by atoms with van der Waals surface area (Å²) in [4.78, 5) is 7.19. The van der Waals surface area contributed by atoms with Crippen LogP contribution < -0.4 is 0 Å². The van der Waals surface area contributed by atoms with Crippen LogP contribution >= 0.6 is 0 Å². The van der Waals surface area contributed by atoms with Gasteiger partial charge in [0, 0.05) is 6.54 Å². The Morgan fingerprint density at radius 1 is 1.26 bits per heavy atom. The number of hydrogen-bond acceptors (Lipinski definition) is 5. The van der Waals surface area contributed by atoms with Crippen molar-refractivity contribution in [2.45, 2.75) is 18.8 Å². The van der Waals surface area contributed by atoms with Gasteiger partial charge in [0.1, 0.15) is 0 Å². The van der Waals surface area contributed by atoms with Crippen molar-refractivity contribution in [3.05, 3.63) is 53.9 Å². The van der Waals surface area contributed by atoms with Crippen LogP contribution in [0.5, 0.6) is 0 Å². The van der Waals surface area contributed by atoms with Gasteiger partial charge in [0.2, 0.25) is 11.7 Å². The van der Waals surface area contributed by atoms with Crippen LogP contribution in [-0.4, -0.2) is 41.8 Å². The molecule has 2 aromatic rings. The monoisotopic (exact) mass is 311 g/mol. The normalized spacial score (nSPS) is 27.2. The van der Waals surface area contributed by atoms with Crippen molar-refractivity contribution in [1.82, 2.24) is 15.0 Å². The molecule has 1 aromatic carbocycles. The molecule has 5 nitrogen and oxygen atoms in total. The lowest BCUT2D eigenvalue weighted by atomic mass is 9.79. The molecule has 0 spiro atoms. The Balaban J connectivity index is 1.63. The minimum Gasteiger partial charge on any atom is -0.504 e. The van der Waals surface area contributed by atoms with Gasteiger partial charge in [-0.25, -0.2) is 0 Å². The topological polar surface area (TPSA) is 51.4 Å². The molecule has 0 N–H and O–H groups in total. The smallest absolute Gasteiger partial charge is 0.231 e. The van der Waals surface area contributed by atoms with Crippen molar-refractivity contribution in [2.75, 3.05) is 26.7 Å². The zero-order valence-electron chi connectivity index (χ0n) is 13.3. The van der Waals surface area contributed by atoms with Gasteiger partial charge in [-0.3, -0.25) is 0 Å². The number of rotatable bonds is 4. The quantitative estimate of drug-likeness (QED) is 0.813. The van der Waals surface area contributed by atoms with Crippen LogP contribution in [0.15, 0.2) is 41.1 Å². The molecule has 4 heterocycles. The van der Waals surface area contributed by atoms with Crippen molar-refractivity contribution >= 4 is 5.57 Å². The van der Waals surface area contributed by atoms with Gasteiger partial charge in [-0.2, -0.15) is 4.98 Å². The predicted octanol–water partition coefficient (Wildman–Crippen LogP) is 2.91. The highest BCUT2D eigenvalue weighted by Crippen LogP contribution is 2.38. The van der Waals surface area contributed by atoms with Crippen molar-refractivity contribution < 1.29 is 9.26 Å². The van der Waals surface area contributed by atoms with E-state index in [0.29, 0.717) is 17.7 Å². The molecule has 5 rings (SSSR count). The fraction of sp³-hybridized carbons (Fsp3) is 0.444. The van der Waals surface area contributed by atoms with Gasteiger partial charge < -0.3 is 14.2 Å². The molecule has 1 unspecified atom stereocenters. The Bertz CT molecular complexity index is 687. The molecule has 23 heavy (non-hydrogen) atoms. The Morgan fingerprint density at radius 2 is 2.04 bits per heavy atom. The maximum absolute atomic E-state index is 5.62. The first-order valence-electron chi connectivity index (χ1n) is 8.20. The molecule has 3 saturated heterocycles. The molecule has 0 saturated carbocycles. The van der Waals surface area contributed by atoms with Crippen molar-refractivity contribution in [3.63, 3.8) is 0 Å². The molecule has 3 aliphatic rings. The summed E-state index contributed by atoms with van der Waals surface area (Å²) in [5.74, 6) is 2.43. The third-order valence-corrected chi connectivity index (χ3v) is 4.98. The number of hydrogen-bond donors (Lipinski definition) is 0. The van der Waals surface area contributed by atoms with Crippen molar-refractivity contribution in [2.24, 2.45) is 5.92 Å². The number of piperidine rings is 3. The zero-order chi connectivity index (χ0) is 15.6. The number of methoxy groups -OCH3 is 1. The molecule has 0 aliphatic carbocycles. The second-order valence-corrected chi connectivity index (χ2v) is 6.33. The first-order chi connectivity index (χ1) is 11.3. The molecule has 1 atom stereocenters. The van der Waals surface area contributed by atoms with Crippen LogP contribution in [0.4, 0.5) is 0 Å². The van der Waals surface area contributed by atoms with E-state index in [9.17, 15) is 0 Å². The minimum atomic E-state index is 0.373. The first kappa shape index (κ1) is 14.5. The number of aromatic nitrogens is 2. The van der Waals surface area contributed by atoms with Gasteiger partial charge in [-0.1, -0.05) is 35.5 Å². The van der Waals surface area contributed by atoms with Crippen LogP contribution in [0.1, 0.15) is 36.0 Å². The van der Waals surface area contributed by atoms with Crippen LogP contribution in [-0.2, 0) is 4.74 Å². The third kappa shape index (κ3) is 2.77. The third-order valence-electron chi connectivity index (χ3n) is 4.98. The average Bonchev–Trinajstić information content (AvgIpc) is 3.11. The van der Waals surface area contributed by atoms with Crippen LogP contribution in [0.25, 0.3) is 5.57 Å². The molecule has 5 heteroatoms. The largest absolute Gasteiger partial charge is 0.504 e. The lowest BCUT2D eigenvalue weighted by Crippen LogP contribution is -2.46. The Kier molecular flexibility index (Phi) is 3.87. The minimum absolute atomic E-state index is 0.373. The van der Waals surface area contributed by atoms with Crippen LogP contribution in [0.3, 0.4) is 0 Å². The Morgan fingerprint density at radius 3 is 2.70 bits per heavy atom. The molecule has 0 amide bonds. The van der Waals surface area contributed by atoms with E-state index in [2.05, 4.69) is 10.1 Å². The number of fused-ring (bicyclic) bond motifs is 3. The molecule has 1 aromatic heterocycles. The fourth-order valence-electron chi connectivity index (χ4n) is 3.73. The Labute approximate surface area is 135 Å². The number of benzene rings is 1. The van der Waals surface area contributed by atoms with Crippen LogP contribution in [0.2, 0.25) is 0 Å². The van der Waals surface area contributed by atoms with Gasteiger partial charge in [0.05, 0.1) is 24.9 Å². The summed E-state index contributed by atoms with van der Waals surface area (Å²) in [6.45, 7) is 3.46. The van der Waals surface area contributed by atoms with E-state index in [4.69, 9.17) is 14.2 Å². The summed E-state index contributed by atoms with van der Waals surface area (Å²) in [6.07, 6.45) is 4.16. The van der Waals surface area contributed by atoms with E-state index >= 15 is 0 Å². The zero-order valence-corrected chi connectivity index (χ0v) is 13.3. The molecular formula is C18H21N3O2. The SMILES string of the molecule is CO/C=C(\c1ccccc1)c1noc(C2CN3CCC2CC3)n1. The number of nitrogens with zero attached hydrogens (tertiary/aromatic N) is 3. The van der Waals surface area contributed by atoms with Crippen molar-refractivity contribution in [1.29, 1.82) is 0 Å². The molecule has 0 radical (unpaired) electrons. The highest BCUT2D eigenvalue weighted by molar-refractivity contribution is 5.75. The second-order valence-electron chi connectivity index (χ2n) is 6.33. The van der Waals surface area contributed by atoms with Gasteiger partial charge in [-0.15, -0.1) is 0 Å². The number of ether oxygens (including phenoxy) is 1. The maximum Gasteiger partial charge on any atom is 0.231 e.